The van der Waals surface area contributed by atoms with Crippen LogP contribution in [0.5, 0.6) is 0 Å². The molecule has 4 rings (SSSR count). The van der Waals surface area contributed by atoms with Gasteiger partial charge in [0.15, 0.2) is 0 Å². The Morgan fingerprint density at radius 3 is 2.57 bits per heavy atom. The lowest BCUT2D eigenvalue weighted by Crippen LogP contribution is -2.28. The first-order valence-corrected chi connectivity index (χ1v) is 9.86. The molecule has 0 N–H and O–H groups in total. The normalized spacial score (nSPS) is 15.3. The van der Waals surface area contributed by atoms with E-state index in [0.717, 1.165) is 27.8 Å². The van der Waals surface area contributed by atoms with Gasteiger partial charge in [-0.2, -0.15) is 0 Å². The van der Waals surface area contributed by atoms with Crippen LogP contribution in [-0.2, 0) is 4.79 Å². The molecule has 1 fully saturated rings. The summed E-state index contributed by atoms with van der Waals surface area (Å²) in [6.45, 7) is 3.78. The van der Waals surface area contributed by atoms with Crippen molar-refractivity contribution in [2.75, 3.05) is 4.90 Å². The minimum absolute atomic E-state index is 0.0753. The lowest BCUT2D eigenvalue weighted by molar-refractivity contribution is -0.384. The summed E-state index contributed by atoms with van der Waals surface area (Å²) in [6, 6.07) is 14.9. The quantitative estimate of drug-likeness (QED) is 0.305. The van der Waals surface area contributed by atoms with Gasteiger partial charge in [0.2, 0.25) is 0 Å². The van der Waals surface area contributed by atoms with Gasteiger partial charge in [-0.1, -0.05) is 24.3 Å². The molecule has 0 atom stereocenters. The highest BCUT2D eigenvalue weighted by atomic mass is 32.2. The Balaban J connectivity index is 1.66. The maximum absolute atomic E-state index is 12.9. The van der Waals surface area contributed by atoms with Crippen LogP contribution >= 0.6 is 11.8 Å². The summed E-state index contributed by atoms with van der Waals surface area (Å²) < 4.78 is 5.71. The van der Waals surface area contributed by atoms with Crippen molar-refractivity contribution >= 4 is 40.4 Å². The van der Waals surface area contributed by atoms with E-state index < -0.39 is 10.8 Å². The van der Waals surface area contributed by atoms with E-state index in [1.54, 1.807) is 42.5 Å². The average molecular weight is 420 g/mol. The van der Waals surface area contributed by atoms with Crippen molar-refractivity contribution in [1.82, 2.24) is 0 Å². The number of furan rings is 1. The molecule has 2 amide bonds. The number of hydrogen-bond donors (Lipinski definition) is 0. The highest BCUT2D eigenvalue weighted by molar-refractivity contribution is 8.19. The van der Waals surface area contributed by atoms with Crippen molar-refractivity contribution in [3.63, 3.8) is 0 Å². The van der Waals surface area contributed by atoms with Crippen LogP contribution in [0.25, 0.3) is 17.4 Å². The van der Waals surface area contributed by atoms with Crippen LogP contribution in [0.3, 0.4) is 0 Å². The SMILES string of the molecule is Cc1cccc(N2C(=O)S/C(=C/c3ccc(-c4ccccc4[N+](=O)[O-])o3)C2=O)c1C. The molecule has 1 aliphatic heterocycles. The van der Waals surface area contributed by atoms with Crippen molar-refractivity contribution < 1.29 is 18.9 Å². The number of anilines is 1. The molecule has 0 radical (unpaired) electrons. The standard InChI is InChI=1S/C22H16N2O5S/c1-13-6-5-9-17(14(13)2)23-21(25)20(30-22(23)26)12-15-10-11-19(29-15)16-7-3-4-8-18(16)24(27)28/h3-12H,1-2H3/b20-12+. The number of aryl methyl sites for hydroxylation is 1. The van der Waals surface area contributed by atoms with Crippen LogP contribution < -0.4 is 4.90 Å². The number of hydrogen-bond acceptors (Lipinski definition) is 6. The number of rotatable bonds is 4. The topological polar surface area (TPSA) is 93.7 Å². The first-order valence-electron chi connectivity index (χ1n) is 9.04. The number of carbonyl (C=O) groups is 2. The predicted octanol–water partition coefficient (Wildman–Crippen LogP) is 5.71. The Labute approximate surface area is 176 Å². The van der Waals surface area contributed by atoms with Crippen LogP contribution in [0.15, 0.2) is 63.9 Å². The number of nitro groups is 1. The smallest absolute Gasteiger partial charge is 0.298 e. The Bertz CT molecular complexity index is 1230. The minimum atomic E-state index is -0.479. The first kappa shape index (κ1) is 19.7. The number of nitrogens with zero attached hydrogens (tertiary/aromatic N) is 2. The molecule has 3 aromatic rings. The number of nitro benzene ring substituents is 1. The maximum Gasteiger partial charge on any atom is 0.298 e. The molecule has 7 nitrogen and oxygen atoms in total. The molecule has 0 aliphatic carbocycles. The van der Waals surface area contributed by atoms with Gasteiger partial charge in [0.1, 0.15) is 11.5 Å². The van der Waals surface area contributed by atoms with Gasteiger partial charge in [-0.15, -0.1) is 0 Å². The van der Waals surface area contributed by atoms with Gasteiger partial charge in [-0.25, -0.2) is 4.90 Å². The molecule has 2 heterocycles. The van der Waals surface area contributed by atoms with Crippen molar-refractivity contribution in [2.45, 2.75) is 13.8 Å². The second kappa shape index (κ2) is 7.64. The summed E-state index contributed by atoms with van der Waals surface area (Å²) in [7, 11) is 0. The van der Waals surface area contributed by atoms with E-state index >= 15 is 0 Å². The monoisotopic (exact) mass is 420 g/mol. The van der Waals surface area contributed by atoms with E-state index in [1.165, 1.54) is 12.1 Å². The first-order chi connectivity index (χ1) is 14.4. The van der Waals surface area contributed by atoms with Crippen LogP contribution in [0.2, 0.25) is 0 Å². The van der Waals surface area contributed by atoms with Crippen molar-refractivity contribution in [2.24, 2.45) is 0 Å². The van der Waals surface area contributed by atoms with Crippen LogP contribution in [0.4, 0.5) is 16.2 Å². The molecule has 0 bridgehead atoms. The zero-order chi connectivity index (χ0) is 21.4. The number of benzene rings is 2. The molecular weight excluding hydrogens is 404 g/mol. The molecular formula is C22H16N2O5S. The number of para-hydroxylation sites is 1. The van der Waals surface area contributed by atoms with E-state index in [-0.39, 0.29) is 15.8 Å². The predicted molar refractivity (Wildman–Crippen MR) is 115 cm³/mol. The number of thioether (sulfide) groups is 1. The van der Waals surface area contributed by atoms with Crippen LogP contribution in [-0.4, -0.2) is 16.1 Å². The Hall–Kier alpha value is -3.65. The van der Waals surface area contributed by atoms with Gasteiger partial charge >= 0.3 is 0 Å². The summed E-state index contributed by atoms with van der Waals surface area (Å²) in [5.41, 5.74) is 2.66. The number of carbonyl (C=O) groups excluding carboxylic acids is 2. The largest absolute Gasteiger partial charge is 0.456 e. The van der Waals surface area contributed by atoms with E-state index in [2.05, 4.69) is 0 Å². The summed E-state index contributed by atoms with van der Waals surface area (Å²) >= 11 is 0.829. The zero-order valence-corrected chi connectivity index (χ0v) is 16.9. The van der Waals surface area contributed by atoms with E-state index in [0.29, 0.717) is 22.8 Å². The molecule has 0 spiro atoms. The fourth-order valence-corrected chi connectivity index (χ4v) is 4.01. The molecule has 30 heavy (non-hydrogen) atoms. The third kappa shape index (κ3) is 3.42. The molecule has 0 saturated carbocycles. The van der Waals surface area contributed by atoms with Gasteiger partial charge in [0.05, 0.1) is 21.1 Å². The average Bonchev–Trinajstić information content (AvgIpc) is 3.29. The van der Waals surface area contributed by atoms with Gasteiger partial charge in [-0.05, 0) is 61.0 Å². The molecule has 1 aromatic heterocycles. The molecule has 1 aliphatic rings. The van der Waals surface area contributed by atoms with Gasteiger partial charge in [0, 0.05) is 12.1 Å². The van der Waals surface area contributed by atoms with Gasteiger partial charge < -0.3 is 4.42 Å². The third-order valence-electron chi connectivity index (χ3n) is 4.88. The molecule has 150 valence electrons. The molecule has 8 heteroatoms. The Morgan fingerprint density at radius 2 is 1.80 bits per heavy atom. The van der Waals surface area contributed by atoms with Gasteiger partial charge in [0.25, 0.3) is 16.8 Å². The minimum Gasteiger partial charge on any atom is -0.456 e. The van der Waals surface area contributed by atoms with Crippen LogP contribution in [0, 0.1) is 24.0 Å². The van der Waals surface area contributed by atoms with E-state index in [4.69, 9.17) is 4.42 Å². The fourth-order valence-electron chi connectivity index (χ4n) is 3.20. The van der Waals surface area contributed by atoms with Gasteiger partial charge in [-0.3, -0.25) is 19.7 Å². The molecule has 2 aromatic carbocycles. The highest BCUT2D eigenvalue weighted by Gasteiger charge is 2.37. The number of amides is 2. The van der Waals surface area contributed by atoms with E-state index in [1.807, 2.05) is 19.9 Å². The molecule has 1 saturated heterocycles. The lowest BCUT2D eigenvalue weighted by Gasteiger charge is -2.16. The number of imide groups is 1. The molecule has 0 unspecified atom stereocenters. The van der Waals surface area contributed by atoms with Crippen molar-refractivity contribution in [3.8, 4) is 11.3 Å². The fraction of sp³-hybridized carbons (Fsp3) is 0.0909. The third-order valence-corrected chi connectivity index (χ3v) is 5.75. The summed E-state index contributed by atoms with van der Waals surface area (Å²) in [5.74, 6) is 0.208. The lowest BCUT2D eigenvalue weighted by atomic mass is 10.1. The maximum atomic E-state index is 12.9. The van der Waals surface area contributed by atoms with Crippen molar-refractivity contribution in [3.05, 3.63) is 86.5 Å². The zero-order valence-electron chi connectivity index (χ0n) is 16.1. The van der Waals surface area contributed by atoms with Crippen molar-refractivity contribution in [1.29, 1.82) is 0 Å². The highest BCUT2D eigenvalue weighted by Crippen LogP contribution is 2.38. The Kier molecular flexibility index (Phi) is 5.01. The van der Waals surface area contributed by atoms with E-state index in [9.17, 15) is 19.7 Å². The summed E-state index contributed by atoms with van der Waals surface area (Å²) in [5, 5.41) is 10.9. The summed E-state index contributed by atoms with van der Waals surface area (Å²) in [6.07, 6.45) is 1.48. The second-order valence-electron chi connectivity index (χ2n) is 6.71. The second-order valence-corrected chi connectivity index (χ2v) is 7.71. The Morgan fingerprint density at radius 1 is 1.03 bits per heavy atom. The summed E-state index contributed by atoms with van der Waals surface area (Å²) in [4.78, 5) is 37.6. The van der Waals surface area contributed by atoms with Crippen LogP contribution in [0.1, 0.15) is 16.9 Å².